The van der Waals surface area contributed by atoms with Crippen LogP contribution in [0.2, 0.25) is 0 Å². The average Bonchev–Trinajstić information content (AvgIpc) is 2.89. The first kappa shape index (κ1) is 19.2. The molecule has 6 nitrogen and oxygen atoms in total. The van der Waals surface area contributed by atoms with Crippen LogP contribution in [0.1, 0.15) is 29.8 Å². The SMILES string of the molecule is CC(=O)OC1=C(NC(=O)c2ccccc2)OC(C)(c2cccc(F)c2F)C1=O. The summed E-state index contributed by atoms with van der Waals surface area (Å²) in [7, 11) is 0. The summed E-state index contributed by atoms with van der Waals surface area (Å²) in [5, 5.41) is 2.34. The van der Waals surface area contributed by atoms with Crippen molar-refractivity contribution in [1.29, 1.82) is 0 Å². The first-order chi connectivity index (χ1) is 13.2. The van der Waals surface area contributed by atoms with E-state index >= 15 is 0 Å². The molecule has 3 rings (SSSR count). The number of ether oxygens (including phenoxy) is 2. The maximum absolute atomic E-state index is 14.3. The predicted octanol–water partition coefficient (Wildman–Crippen LogP) is 2.94. The zero-order valence-corrected chi connectivity index (χ0v) is 14.9. The highest BCUT2D eigenvalue weighted by molar-refractivity contribution is 6.05. The Bertz CT molecular complexity index is 1000. The van der Waals surface area contributed by atoms with Crippen LogP contribution >= 0.6 is 0 Å². The minimum atomic E-state index is -2.03. The second-order valence-electron chi connectivity index (χ2n) is 6.14. The molecule has 0 aliphatic carbocycles. The Labute approximate surface area is 158 Å². The van der Waals surface area contributed by atoms with Crippen molar-refractivity contribution in [2.75, 3.05) is 0 Å². The van der Waals surface area contributed by atoms with Gasteiger partial charge in [0, 0.05) is 18.1 Å². The summed E-state index contributed by atoms with van der Waals surface area (Å²) in [5.74, 6) is -5.93. The summed E-state index contributed by atoms with van der Waals surface area (Å²) in [6.07, 6.45) is 0. The van der Waals surface area contributed by atoms with Gasteiger partial charge in [0.15, 0.2) is 11.6 Å². The summed E-state index contributed by atoms with van der Waals surface area (Å²) >= 11 is 0. The molecule has 0 aromatic heterocycles. The van der Waals surface area contributed by atoms with Crippen LogP contribution in [0, 0.1) is 11.6 Å². The number of hydrogen-bond acceptors (Lipinski definition) is 5. The highest BCUT2D eigenvalue weighted by Crippen LogP contribution is 2.40. The van der Waals surface area contributed by atoms with Crippen molar-refractivity contribution in [2.24, 2.45) is 0 Å². The summed E-state index contributed by atoms with van der Waals surface area (Å²) in [4.78, 5) is 36.7. The smallest absolute Gasteiger partial charge is 0.308 e. The van der Waals surface area contributed by atoms with Crippen LogP contribution in [0.25, 0.3) is 0 Å². The fourth-order valence-electron chi connectivity index (χ4n) is 2.75. The van der Waals surface area contributed by atoms with Gasteiger partial charge >= 0.3 is 5.97 Å². The topological polar surface area (TPSA) is 81.7 Å². The maximum atomic E-state index is 14.3. The lowest BCUT2D eigenvalue weighted by atomic mass is 9.91. The van der Waals surface area contributed by atoms with E-state index < -0.39 is 52.1 Å². The van der Waals surface area contributed by atoms with Crippen LogP contribution in [0.4, 0.5) is 8.78 Å². The Morgan fingerprint density at radius 3 is 2.39 bits per heavy atom. The van der Waals surface area contributed by atoms with Crippen LogP contribution in [-0.4, -0.2) is 17.7 Å². The van der Waals surface area contributed by atoms with E-state index in [1.807, 2.05) is 0 Å². The number of benzene rings is 2. The van der Waals surface area contributed by atoms with E-state index in [1.54, 1.807) is 18.2 Å². The van der Waals surface area contributed by atoms with Crippen LogP contribution in [-0.2, 0) is 24.7 Å². The summed E-state index contributed by atoms with van der Waals surface area (Å²) in [5.41, 5.74) is -2.18. The van der Waals surface area contributed by atoms with Gasteiger partial charge in [-0.05, 0) is 25.1 Å². The van der Waals surface area contributed by atoms with Gasteiger partial charge in [-0.2, -0.15) is 0 Å². The van der Waals surface area contributed by atoms with Crippen LogP contribution in [0.5, 0.6) is 0 Å². The zero-order chi connectivity index (χ0) is 20.5. The zero-order valence-electron chi connectivity index (χ0n) is 14.9. The second-order valence-corrected chi connectivity index (χ2v) is 6.14. The standard InChI is InChI=1S/C20H15F2NO5/c1-11(24)27-16-17(25)20(2,13-9-6-10-14(21)15(13)22)28-19(16)23-18(26)12-7-4-3-5-8-12/h3-10H,1-2H3,(H,23,26). The van der Waals surface area contributed by atoms with E-state index in [1.165, 1.54) is 31.2 Å². The van der Waals surface area contributed by atoms with E-state index in [-0.39, 0.29) is 5.56 Å². The number of hydrogen-bond donors (Lipinski definition) is 1. The molecule has 0 saturated carbocycles. The average molecular weight is 387 g/mol. The minimum absolute atomic E-state index is 0.249. The molecule has 1 aliphatic heterocycles. The third kappa shape index (κ3) is 3.36. The molecule has 8 heteroatoms. The van der Waals surface area contributed by atoms with Crippen LogP contribution < -0.4 is 5.32 Å². The molecule has 144 valence electrons. The molecule has 1 amide bonds. The Balaban J connectivity index is 2.00. The van der Waals surface area contributed by atoms with Gasteiger partial charge in [0.2, 0.25) is 17.2 Å². The van der Waals surface area contributed by atoms with Gasteiger partial charge in [-0.25, -0.2) is 8.78 Å². The number of rotatable bonds is 4. The summed E-state index contributed by atoms with van der Waals surface area (Å²) in [6.45, 7) is 2.24. The molecule has 2 aromatic rings. The Morgan fingerprint density at radius 2 is 1.75 bits per heavy atom. The van der Waals surface area contributed by atoms with Gasteiger partial charge in [0.25, 0.3) is 11.7 Å². The number of nitrogens with one attached hydrogen (secondary N) is 1. The summed E-state index contributed by atoms with van der Waals surface area (Å²) in [6, 6.07) is 11.3. The molecule has 0 bridgehead atoms. The lowest BCUT2D eigenvalue weighted by molar-refractivity contribution is -0.142. The van der Waals surface area contributed by atoms with Crippen LogP contribution in [0.15, 0.2) is 60.2 Å². The largest absolute Gasteiger partial charge is 0.456 e. The highest BCUT2D eigenvalue weighted by Gasteiger charge is 2.51. The van der Waals surface area contributed by atoms with Crippen molar-refractivity contribution in [1.82, 2.24) is 5.32 Å². The molecular weight excluding hydrogens is 372 g/mol. The van der Waals surface area contributed by atoms with E-state index in [0.717, 1.165) is 13.0 Å². The number of amides is 1. The van der Waals surface area contributed by atoms with Gasteiger partial charge in [-0.3, -0.25) is 19.7 Å². The highest BCUT2D eigenvalue weighted by atomic mass is 19.2. The van der Waals surface area contributed by atoms with E-state index in [0.29, 0.717) is 0 Å². The molecule has 0 spiro atoms. The molecule has 1 atom stereocenters. The van der Waals surface area contributed by atoms with E-state index in [9.17, 15) is 23.2 Å². The van der Waals surface area contributed by atoms with Gasteiger partial charge in [-0.1, -0.05) is 30.3 Å². The lowest BCUT2D eigenvalue weighted by Crippen LogP contribution is -2.34. The monoisotopic (exact) mass is 387 g/mol. The molecule has 28 heavy (non-hydrogen) atoms. The Hall–Kier alpha value is -3.55. The number of Topliss-reactive ketones (excluding diaryl/α,β-unsaturated/α-hetero) is 1. The fraction of sp³-hybridized carbons (Fsp3) is 0.150. The first-order valence-corrected chi connectivity index (χ1v) is 8.21. The number of carbonyl (C=O) groups is 3. The van der Waals surface area contributed by atoms with E-state index in [4.69, 9.17) is 9.47 Å². The normalized spacial score (nSPS) is 18.6. The molecule has 1 aliphatic rings. The first-order valence-electron chi connectivity index (χ1n) is 8.21. The van der Waals surface area contributed by atoms with Crippen molar-refractivity contribution in [3.63, 3.8) is 0 Å². The lowest BCUT2D eigenvalue weighted by Gasteiger charge is -2.24. The molecule has 0 saturated heterocycles. The number of ketones is 1. The third-order valence-corrected chi connectivity index (χ3v) is 4.13. The van der Waals surface area contributed by atoms with Crippen molar-refractivity contribution in [3.8, 4) is 0 Å². The quantitative estimate of drug-likeness (QED) is 0.816. The molecule has 1 N–H and O–H groups in total. The molecular formula is C20H15F2NO5. The number of halogens is 2. The van der Waals surface area contributed by atoms with E-state index in [2.05, 4.69) is 5.32 Å². The van der Waals surface area contributed by atoms with Gasteiger partial charge < -0.3 is 9.47 Å². The second kappa shape index (κ2) is 7.22. The molecule has 0 fully saturated rings. The maximum Gasteiger partial charge on any atom is 0.308 e. The number of carbonyl (C=O) groups excluding carboxylic acids is 3. The van der Waals surface area contributed by atoms with Gasteiger partial charge in [-0.15, -0.1) is 0 Å². The van der Waals surface area contributed by atoms with Crippen LogP contribution in [0.3, 0.4) is 0 Å². The summed E-state index contributed by atoms with van der Waals surface area (Å²) < 4.78 is 38.3. The Kier molecular flexibility index (Phi) is 4.96. The minimum Gasteiger partial charge on any atom is -0.456 e. The van der Waals surface area contributed by atoms with Crippen molar-refractivity contribution < 1.29 is 32.6 Å². The predicted molar refractivity (Wildman–Crippen MR) is 92.5 cm³/mol. The number of esters is 1. The Morgan fingerprint density at radius 1 is 1.07 bits per heavy atom. The van der Waals surface area contributed by atoms with Crippen molar-refractivity contribution in [2.45, 2.75) is 19.4 Å². The van der Waals surface area contributed by atoms with Gasteiger partial charge in [0.05, 0.1) is 0 Å². The molecule has 2 aromatic carbocycles. The third-order valence-electron chi connectivity index (χ3n) is 4.13. The van der Waals surface area contributed by atoms with Crippen molar-refractivity contribution in [3.05, 3.63) is 82.9 Å². The fourth-order valence-corrected chi connectivity index (χ4v) is 2.75. The van der Waals surface area contributed by atoms with Gasteiger partial charge in [0.1, 0.15) is 0 Å². The molecule has 1 heterocycles. The molecule has 1 unspecified atom stereocenters. The van der Waals surface area contributed by atoms with Crippen molar-refractivity contribution >= 4 is 17.7 Å². The molecule has 0 radical (unpaired) electrons.